The van der Waals surface area contributed by atoms with E-state index in [0.29, 0.717) is 13.1 Å². The van der Waals surface area contributed by atoms with Crippen molar-refractivity contribution in [3.05, 3.63) is 28.7 Å². The zero-order valence-electron chi connectivity index (χ0n) is 13.0. The van der Waals surface area contributed by atoms with Crippen molar-refractivity contribution in [2.75, 3.05) is 31.9 Å². The Morgan fingerprint density at radius 2 is 1.91 bits per heavy atom. The van der Waals surface area contributed by atoms with E-state index in [2.05, 4.69) is 38.3 Å². The predicted octanol–water partition coefficient (Wildman–Crippen LogP) is 1.85. The molecule has 1 fully saturated rings. The van der Waals surface area contributed by atoms with E-state index < -0.39 is 0 Å². The highest BCUT2D eigenvalue weighted by molar-refractivity contribution is 9.10. The molecular formula is C16H22BrN3O2S. The van der Waals surface area contributed by atoms with Crippen molar-refractivity contribution in [2.45, 2.75) is 17.7 Å². The molecule has 0 unspecified atom stereocenters. The molecular weight excluding hydrogens is 378 g/mol. The van der Waals surface area contributed by atoms with E-state index in [1.807, 2.05) is 12.1 Å². The van der Waals surface area contributed by atoms with Gasteiger partial charge in [0, 0.05) is 27.6 Å². The lowest BCUT2D eigenvalue weighted by Gasteiger charge is -2.29. The van der Waals surface area contributed by atoms with E-state index in [1.165, 1.54) is 4.90 Å². The Labute approximate surface area is 149 Å². The summed E-state index contributed by atoms with van der Waals surface area (Å²) < 4.78 is 1.07. The SMILES string of the molecule is NC(=O)C1CCN(CC(=O)NCCSc2ccc(Br)cc2)CC1. The molecule has 7 heteroatoms. The topological polar surface area (TPSA) is 75.4 Å². The van der Waals surface area contributed by atoms with Gasteiger partial charge in [0.05, 0.1) is 6.54 Å². The molecule has 0 aliphatic carbocycles. The Morgan fingerprint density at radius 3 is 2.52 bits per heavy atom. The number of piperidine rings is 1. The average Bonchev–Trinajstić information content (AvgIpc) is 2.54. The molecule has 23 heavy (non-hydrogen) atoms. The number of primary amides is 1. The van der Waals surface area contributed by atoms with E-state index >= 15 is 0 Å². The molecule has 0 spiro atoms. The molecule has 0 radical (unpaired) electrons. The van der Waals surface area contributed by atoms with Gasteiger partial charge < -0.3 is 11.1 Å². The summed E-state index contributed by atoms with van der Waals surface area (Å²) in [4.78, 5) is 26.3. The molecule has 3 N–H and O–H groups in total. The number of likely N-dealkylation sites (tertiary alicyclic amines) is 1. The molecule has 1 aromatic carbocycles. The van der Waals surface area contributed by atoms with Crippen LogP contribution in [0, 0.1) is 5.92 Å². The molecule has 2 rings (SSSR count). The van der Waals surface area contributed by atoms with Gasteiger partial charge in [-0.2, -0.15) is 0 Å². The first-order valence-corrected chi connectivity index (χ1v) is 9.49. The van der Waals surface area contributed by atoms with Crippen LogP contribution in [-0.4, -0.2) is 48.6 Å². The van der Waals surface area contributed by atoms with Crippen molar-refractivity contribution in [3.63, 3.8) is 0 Å². The molecule has 0 atom stereocenters. The van der Waals surface area contributed by atoms with Gasteiger partial charge in [0.1, 0.15) is 0 Å². The summed E-state index contributed by atoms with van der Waals surface area (Å²) in [7, 11) is 0. The van der Waals surface area contributed by atoms with Crippen molar-refractivity contribution < 1.29 is 9.59 Å². The van der Waals surface area contributed by atoms with Crippen LogP contribution in [0.2, 0.25) is 0 Å². The van der Waals surface area contributed by atoms with Gasteiger partial charge in [-0.1, -0.05) is 15.9 Å². The van der Waals surface area contributed by atoms with E-state index in [-0.39, 0.29) is 17.7 Å². The van der Waals surface area contributed by atoms with Gasteiger partial charge in [-0.15, -0.1) is 11.8 Å². The lowest BCUT2D eigenvalue weighted by molar-refractivity contribution is -0.124. The van der Waals surface area contributed by atoms with Gasteiger partial charge in [-0.3, -0.25) is 14.5 Å². The smallest absolute Gasteiger partial charge is 0.234 e. The summed E-state index contributed by atoms with van der Waals surface area (Å²) in [6, 6.07) is 8.13. The number of benzene rings is 1. The molecule has 1 aliphatic heterocycles. The average molecular weight is 400 g/mol. The van der Waals surface area contributed by atoms with Crippen LogP contribution in [0.5, 0.6) is 0 Å². The first-order chi connectivity index (χ1) is 11.0. The highest BCUT2D eigenvalue weighted by Gasteiger charge is 2.23. The lowest BCUT2D eigenvalue weighted by Crippen LogP contribution is -2.43. The van der Waals surface area contributed by atoms with Gasteiger partial charge in [-0.05, 0) is 50.2 Å². The Hall–Kier alpha value is -1.05. The summed E-state index contributed by atoms with van der Waals surface area (Å²) in [5.74, 6) is 0.631. The first kappa shape index (κ1) is 18.3. The minimum Gasteiger partial charge on any atom is -0.369 e. The number of carbonyl (C=O) groups excluding carboxylic acids is 2. The van der Waals surface area contributed by atoms with Gasteiger partial charge >= 0.3 is 0 Å². The molecule has 2 amide bonds. The van der Waals surface area contributed by atoms with Gasteiger partial charge in [0.25, 0.3) is 0 Å². The van der Waals surface area contributed by atoms with Crippen LogP contribution in [0.3, 0.4) is 0 Å². The number of nitrogens with one attached hydrogen (secondary N) is 1. The number of halogens is 1. The fourth-order valence-corrected chi connectivity index (χ4v) is 3.56. The van der Waals surface area contributed by atoms with Crippen molar-refractivity contribution >= 4 is 39.5 Å². The number of carbonyl (C=O) groups is 2. The number of thioether (sulfide) groups is 1. The number of hydrogen-bond acceptors (Lipinski definition) is 4. The Kier molecular flexibility index (Phi) is 7.39. The van der Waals surface area contributed by atoms with E-state index in [1.54, 1.807) is 11.8 Å². The molecule has 1 aliphatic rings. The third-order valence-corrected chi connectivity index (χ3v) is 5.41. The largest absolute Gasteiger partial charge is 0.369 e. The molecule has 126 valence electrons. The molecule has 0 bridgehead atoms. The second-order valence-electron chi connectivity index (χ2n) is 5.61. The monoisotopic (exact) mass is 399 g/mol. The van der Waals surface area contributed by atoms with Crippen LogP contribution in [0.4, 0.5) is 0 Å². The van der Waals surface area contributed by atoms with Crippen molar-refractivity contribution in [1.82, 2.24) is 10.2 Å². The Balaban J connectivity index is 1.58. The number of hydrogen-bond donors (Lipinski definition) is 2. The Morgan fingerprint density at radius 1 is 1.26 bits per heavy atom. The van der Waals surface area contributed by atoms with Crippen LogP contribution in [-0.2, 0) is 9.59 Å². The number of nitrogens with two attached hydrogens (primary N) is 1. The molecule has 0 saturated carbocycles. The fourth-order valence-electron chi connectivity index (χ4n) is 2.52. The summed E-state index contributed by atoms with van der Waals surface area (Å²) in [5, 5.41) is 2.94. The summed E-state index contributed by atoms with van der Waals surface area (Å²) in [6.45, 7) is 2.56. The molecule has 0 aromatic heterocycles. The van der Waals surface area contributed by atoms with E-state index in [4.69, 9.17) is 5.73 Å². The normalized spacial score (nSPS) is 16.2. The van der Waals surface area contributed by atoms with Crippen LogP contribution < -0.4 is 11.1 Å². The summed E-state index contributed by atoms with van der Waals surface area (Å²) in [6.07, 6.45) is 1.50. The molecule has 1 heterocycles. The van der Waals surface area contributed by atoms with Crippen molar-refractivity contribution in [1.29, 1.82) is 0 Å². The van der Waals surface area contributed by atoms with Gasteiger partial charge in [0.15, 0.2) is 0 Å². The predicted molar refractivity (Wildman–Crippen MR) is 96.2 cm³/mol. The number of nitrogens with zero attached hydrogens (tertiary/aromatic N) is 1. The molecule has 1 saturated heterocycles. The minimum absolute atomic E-state index is 0.0309. The zero-order valence-corrected chi connectivity index (χ0v) is 15.4. The van der Waals surface area contributed by atoms with Crippen LogP contribution in [0.1, 0.15) is 12.8 Å². The standard InChI is InChI=1S/C16H22BrN3O2S/c17-13-1-3-14(4-2-13)23-10-7-19-15(21)11-20-8-5-12(6-9-20)16(18)22/h1-4,12H,5-11H2,(H2,18,22)(H,19,21). The first-order valence-electron chi connectivity index (χ1n) is 7.71. The second-order valence-corrected chi connectivity index (χ2v) is 7.69. The molecule has 1 aromatic rings. The fraction of sp³-hybridized carbons (Fsp3) is 0.500. The number of amides is 2. The minimum atomic E-state index is -0.223. The van der Waals surface area contributed by atoms with Gasteiger partial charge in [-0.25, -0.2) is 0 Å². The number of rotatable bonds is 7. The maximum absolute atomic E-state index is 11.9. The van der Waals surface area contributed by atoms with E-state index in [9.17, 15) is 9.59 Å². The van der Waals surface area contributed by atoms with Crippen molar-refractivity contribution in [3.8, 4) is 0 Å². The third-order valence-electron chi connectivity index (χ3n) is 3.86. The zero-order chi connectivity index (χ0) is 16.7. The quantitative estimate of drug-likeness (QED) is 0.541. The lowest BCUT2D eigenvalue weighted by atomic mass is 9.96. The Bertz CT molecular complexity index is 531. The maximum Gasteiger partial charge on any atom is 0.234 e. The second kappa shape index (κ2) is 9.30. The van der Waals surface area contributed by atoms with Crippen LogP contribution >= 0.6 is 27.7 Å². The summed E-state index contributed by atoms with van der Waals surface area (Å²) in [5.41, 5.74) is 5.31. The van der Waals surface area contributed by atoms with Gasteiger partial charge in [0.2, 0.25) is 11.8 Å². The van der Waals surface area contributed by atoms with Crippen LogP contribution in [0.15, 0.2) is 33.6 Å². The highest BCUT2D eigenvalue weighted by Crippen LogP contribution is 2.20. The summed E-state index contributed by atoms with van der Waals surface area (Å²) >= 11 is 5.13. The third kappa shape index (κ3) is 6.53. The van der Waals surface area contributed by atoms with Crippen molar-refractivity contribution in [2.24, 2.45) is 11.7 Å². The highest BCUT2D eigenvalue weighted by atomic mass is 79.9. The molecule has 5 nitrogen and oxygen atoms in total. The van der Waals surface area contributed by atoms with Crippen LogP contribution in [0.25, 0.3) is 0 Å². The maximum atomic E-state index is 11.9. The van der Waals surface area contributed by atoms with E-state index in [0.717, 1.165) is 36.2 Å².